The van der Waals surface area contributed by atoms with E-state index in [0.29, 0.717) is 39.8 Å². The quantitative estimate of drug-likeness (QED) is 0.358. The van der Waals surface area contributed by atoms with Crippen molar-refractivity contribution in [2.75, 3.05) is 25.2 Å². The molecule has 0 atom stereocenters. The van der Waals surface area contributed by atoms with Crippen molar-refractivity contribution in [3.63, 3.8) is 0 Å². The molecule has 154 valence electrons. The fraction of sp³-hybridized carbons (Fsp3) is 0.190. The van der Waals surface area contributed by atoms with E-state index in [1.807, 2.05) is 24.3 Å². The predicted molar refractivity (Wildman–Crippen MR) is 121 cm³/mol. The standard InChI is InChI=1S/C21H18ClN3O3S2/c1-27-11-10-25(21-24-16-4-2-3-5-18(16)30-21)20(26)17-13-29-19(23-17)12-28-15-8-6-14(22)7-9-15/h2-9,13H,10-12H2,1H3. The highest BCUT2D eigenvalue weighted by molar-refractivity contribution is 7.22. The van der Waals surface area contributed by atoms with Crippen LogP contribution >= 0.6 is 34.3 Å². The molecule has 0 bridgehead atoms. The number of amides is 1. The molecule has 2 aromatic heterocycles. The van der Waals surface area contributed by atoms with Crippen molar-refractivity contribution in [1.82, 2.24) is 9.97 Å². The summed E-state index contributed by atoms with van der Waals surface area (Å²) in [5.74, 6) is 0.485. The van der Waals surface area contributed by atoms with Crippen molar-refractivity contribution in [1.29, 1.82) is 0 Å². The van der Waals surface area contributed by atoms with E-state index in [2.05, 4.69) is 9.97 Å². The minimum atomic E-state index is -0.208. The number of anilines is 1. The number of nitrogens with zero attached hydrogens (tertiary/aromatic N) is 3. The molecule has 0 spiro atoms. The monoisotopic (exact) mass is 459 g/mol. The number of ether oxygens (including phenoxy) is 2. The molecular formula is C21H18ClN3O3S2. The van der Waals surface area contributed by atoms with Crippen molar-refractivity contribution < 1.29 is 14.3 Å². The molecule has 0 aliphatic heterocycles. The zero-order valence-corrected chi connectivity index (χ0v) is 18.5. The predicted octanol–water partition coefficient (Wildman–Crippen LogP) is 5.28. The van der Waals surface area contributed by atoms with Gasteiger partial charge in [0.25, 0.3) is 5.91 Å². The number of para-hydroxylation sites is 1. The SMILES string of the molecule is COCCN(C(=O)c1csc(COc2ccc(Cl)cc2)n1)c1nc2ccccc2s1. The molecule has 0 aliphatic rings. The van der Waals surface area contributed by atoms with Gasteiger partial charge >= 0.3 is 0 Å². The lowest BCUT2D eigenvalue weighted by atomic mass is 10.3. The molecule has 2 heterocycles. The molecule has 0 N–H and O–H groups in total. The summed E-state index contributed by atoms with van der Waals surface area (Å²) in [5, 5.41) is 3.74. The molecule has 0 unspecified atom stereocenters. The Labute approximate surface area is 186 Å². The van der Waals surface area contributed by atoms with Crippen molar-refractivity contribution >= 4 is 55.5 Å². The number of benzene rings is 2. The van der Waals surface area contributed by atoms with E-state index in [-0.39, 0.29) is 12.5 Å². The Hall–Kier alpha value is -2.52. The third kappa shape index (κ3) is 4.79. The largest absolute Gasteiger partial charge is 0.486 e. The zero-order valence-electron chi connectivity index (χ0n) is 16.1. The van der Waals surface area contributed by atoms with E-state index in [0.717, 1.165) is 10.2 Å². The van der Waals surface area contributed by atoms with E-state index < -0.39 is 0 Å². The molecule has 0 aliphatic carbocycles. The molecule has 4 rings (SSSR count). The maximum Gasteiger partial charge on any atom is 0.279 e. The van der Waals surface area contributed by atoms with Gasteiger partial charge in [0.15, 0.2) is 5.13 Å². The number of thiazole rings is 2. The van der Waals surface area contributed by atoms with Crippen LogP contribution in [0.2, 0.25) is 5.02 Å². The van der Waals surface area contributed by atoms with Gasteiger partial charge in [-0.15, -0.1) is 11.3 Å². The van der Waals surface area contributed by atoms with Gasteiger partial charge in [-0.1, -0.05) is 35.1 Å². The lowest BCUT2D eigenvalue weighted by molar-refractivity contribution is 0.0971. The first-order valence-corrected chi connectivity index (χ1v) is 11.2. The number of halogens is 1. The van der Waals surface area contributed by atoms with Gasteiger partial charge in [0, 0.05) is 17.5 Å². The minimum Gasteiger partial charge on any atom is -0.486 e. The Bertz CT molecular complexity index is 1110. The zero-order chi connectivity index (χ0) is 20.9. The molecule has 30 heavy (non-hydrogen) atoms. The van der Waals surface area contributed by atoms with E-state index in [9.17, 15) is 4.79 Å². The number of aromatic nitrogens is 2. The normalized spacial score (nSPS) is 11.0. The molecule has 2 aromatic carbocycles. The summed E-state index contributed by atoms with van der Waals surface area (Å²) in [4.78, 5) is 23.9. The minimum absolute atomic E-state index is 0.208. The summed E-state index contributed by atoms with van der Waals surface area (Å²) in [6.07, 6.45) is 0. The summed E-state index contributed by atoms with van der Waals surface area (Å²) in [7, 11) is 1.61. The van der Waals surface area contributed by atoms with Crippen LogP contribution in [0.25, 0.3) is 10.2 Å². The summed E-state index contributed by atoms with van der Waals surface area (Å²) in [6.45, 7) is 1.07. The fourth-order valence-electron chi connectivity index (χ4n) is 2.73. The Morgan fingerprint density at radius 1 is 1.13 bits per heavy atom. The van der Waals surface area contributed by atoms with Crippen LogP contribution in [0, 0.1) is 0 Å². The van der Waals surface area contributed by atoms with Gasteiger partial charge < -0.3 is 9.47 Å². The van der Waals surface area contributed by atoms with Crippen LogP contribution in [0.1, 0.15) is 15.5 Å². The Morgan fingerprint density at radius 3 is 2.70 bits per heavy atom. The summed E-state index contributed by atoms with van der Waals surface area (Å²) >= 11 is 8.74. The van der Waals surface area contributed by atoms with Crippen LogP contribution in [0.15, 0.2) is 53.9 Å². The number of carbonyl (C=O) groups is 1. The van der Waals surface area contributed by atoms with Gasteiger partial charge in [-0.25, -0.2) is 9.97 Å². The molecular weight excluding hydrogens is 442 g/mol. The molecule has 0 saturated heterocycles. The average Bonchev–Trinajstić information content (AvgIpc) is 3.40. The van der Waals surface area contributed by atoms with Crippen LogP contribution in [0.4, 0.5) is 5.13 Å². The highest BCUT2D eigenvalue weighted by Crippen LogP contribution is 2.29. The van der Waals surface area contributed by atoms with Crippen molar-refractivity contribution in [3.8, 4) is 5.75 Å². The molecule has 0 radical (unpaired) electrons. The smallest absolute Gasteiger partial charge is 0.279 e. The Balaban J connectivity index is 1.50. The fourth-order valence-corrected chi connectivity index (χ4v) is 4.53. The van der Waals surface area contributed by atoms with Crippen molar-refractivity contribution in [2.24, 2.45) is 0 Å². The maximum atomic E-state index is 13.2. The van der Waals surface area contributed by atoms with Gasteiger partial charge in [-0.05, 0) is 36.4 Å². The van der Waals surface area contributed by atoms with E-state index in [1.165, 1.54) is 22.7 Å². The van der Waals surface area contributed by atoms with Crippen LogP contribution in [-0.2, 0) is 11.3 Å². The van der Waals surface area contributed by atoms with Gasteiger partial charge in [-0.3, -0.25) is 9.69 Å². The highest BCUT2D eigenvalue weighted by atomic mass is 35.5. The summed E-state index contributed by atoms with van der Waals surface area (Å²) in [6, 6.07) is 14.9. The van der Waals surface area contributed by atoms with E-state index in [1.54, 1.807) is 41.7 Å². The van der Waals surface area contributed by atoms with E-state index in [4.69, 9.17) is 21.1 Å². The second kappa shape index (κ2) is 9.53. The topological polar surface area (TPSA) is 64.5 Å². The number of hydrogen-bond donors (Lipinski definition) is 0. The number of methoxy groups -OCH3 is 1. The first-order chi connectivity index (χ1) is 14.6. The first-order valence-electron chi connectivity index (χ1n) is 9.13. The molecule has 0 fully saturated rings. The van der Waals surface area contributed by atoms with Gasteiger partial charge in [0.1, 0.15) is 23.1 Å². The van der Waals surface area contributed by atoms with Crippen molar-refractivity contribution in [2.45, 2.75) is 6.61 Å². The molecule has 9 heteroatoms. The third-order valence-electron chi connectivity index (χ3n) is 4.22. The summed E-state index contributed by atoms with van der Waals surface area (Å²) < 4.78 is 11.9. The van der Waals surface area contributed by atoms with Crippen LogP contribution in [0.3, 0.4) is 0 Å². The van der Waals surface area contributed by atoms with Gasteiger partial charge in [0.05, 0.1) is 23.4 Å². The van der Waals surface area contributed by atoms with Gasteiger partial charge in [0.2, 0.25) is 0 Å². The van der Waals surface area contributed by atoms with Crippen LogP contribution in [0.5, 0.6) is 5.75 Å². The lowest BCUT2D eigenvalue weighted by Gasteiger charge is -2.18. The van der Waals surface area contributed by atoms with Crippen molar-refractivity contribution in [3.05, 3.63) is 69.6 Å². The molecule has 4 aromatic rings. The Kier molecular flexibility index (Phi) is 6.59. The third-order valence-corrected chi connectivity index (χ3v) is 6.36. The average molecular weight is 460 g/mol. The second-order valence-corrected chi connectivity index (χ2v) is 8.67. The van der Waals surface area contributed by atoms with Crippen LogP contribution < -0.4 is 9.64 Å². The summed E-state index contributed by atoms with van der Waals surface area (Å²) in [5.41, 5.74) is 1.23. The maximum absolute atomic E-state index is 13.2. The Morgan fingerprint density at radius 2 is 1.93 bits per heavy atom. The highest BCUT2D eigenvalue weighted by Gasteiger charge is 2.23. The lowest BCUT2D eigenvalue weighted by Crippen LogP contribution is -2.34. The van der Waals surface area contributed by atoms with Gasteiger partial charge in [-0.2, -0.15) is 0 Å². The number of carbonyl (C=O) groups excluding carboxylic acids is 1. The number of fused-ring (bicyclic) bond motifs is 1. The number of rotatable bonds is 8. The molecule has 1 amide bonds. The molecule has 0 saturated carbocycles. The number of hydrogen-bond acceptors (Lipinski definition) is 7. The van der Waals surface area contributed by atoms with Crippen LogP contribution in [-0.4, -0.2) is 36.1 Å². The second-order valence-electron chi connectivity index (χ2n) is 6.28. The molecule has 6 nitrogen and oxygen atoms in total. The first kappa shape index (κ1) is 20.7. The van der Waals surface area contributed by atoms with E-state index >= 15 is 0 Å².